The average molecular weight is 520 g/mol. The maximum Gasteiger partial charge on any atom is 0.491 e. The van der Waals surface area contributed by atoms with E-state index in [0.717, 1.165) is 4.90 Å². The lowest BCUT2D eigenvalue weighted by molar-refractivity contribution is -0.201. The highest BCUT2D eigenvalue weighted by Gasteiger charge is 2.55. The van der Waals surface area contributed by atoms with Gasteiger partial charge in [0.25, 0.3) is 5.91 Å². The van der Waals surface area contributed by atoms with Crippen LogP contribution >= 0.6 is 23.5 Å². The lowest BCUT2D eigenvalue weighted by Crippen LogP contribution is -2.70. The third-order valence-electron chi connectivity index (χ3n) is 5.15. The highest BCUT2D eigenvalue weighted by Crippen LogP contribution is 2.41. The van der Waals surface area contributed by atoms with Crippen molar-refractivity contribution in [1.29, 1.82) is 0 Å². The zero-order valence-corrected chi connectivity index (χ0v) is 19.5. The molecule has 3 rings (SSSR count). The van der Waals surface area contributed by atoms with Gasteiger partial charge >= 0.3 is 18.1 Å². The number of alkyl halides is 3. The quantitative estimate of drug-likeness (QED) is 0.222. The summed E-state index contributed by atoms with van der Waals surface area (Å²) in [6.45, 7) is 1.43. The van der Waals surface area contributed by atoms with Crippen molar-refractivity contribution in [3.05, 3.63) is 34.5 Å². The van der Waals surface area contributed by atoms with Crippen LogP contribution in [0.2, 0.25) is 0 Å². The number of aromatic hydroxyl groups is 1. The third-order valence-corrected chi connectivity index (χ3v) is 7.15. The van der Waals surface area contributed by atoms with Crippen molar-refractivity contribution in [3.8, 4) is 5.75 Å². The molecule has 9 nitrogen and oxygen atoms in total. The number of phenolic OH excluding ortho intramolecular Hbond substituents is 1. The summed E-state index contributed by atoms with van der Waals surface area (Å²) in [6, 6.07) is 1.89. The highest BCUT2D eigenvalue weighted by molar-refractivity contribution is 8.00. The normalized spacial score (nSPS) is 19.9. The molecule has 1 aromatic rings. The van der Waals surface area contributed by atoms with Crippen molar-refractivity contribution in [3.63, 3.8) is 0 Å². The number of carbonyl (C=O) groups is 4. The molecule has 14 heteroatoms. The number of carbonyl (C=O) groups excluding carboxylic acids is 4. The van der Waals surface area contributed by atoms with E-state index in [9.17, 15) is 37.5 Å². The van der Waals surface area contributed by atoms with Crippen molar-refractivity contribution >= 4 is 53.0 Å². The van der Waals surface area contributed by atoms with Gasteiger partial charge in [-0.1, -0.05) is 6.07 Å². The summed E-state index contributed by atoms with van der Waals surface area (Å²) in [6.07, 6.45) is -3.72. The molecule has 1 aromatic carbocycles. The second-order valence-electron chi connectivity index (χ2n) is 7.50. The van der Waals surface area contributed by atoms with E-state index in [0.29, 0.717) is 16.9 Å². The van der Waals surface area contributed by atoms with Gasteiger partial charge in [0.05, 0.1) is 6.42 Å². The third kappa shape index (κ3) is 4.97. The van der Waals surface area contributed by atoms with Crippen LogP contribution in [-0.2, 0) is 36.1 Å². The second-order valence-corrected chi connectivity index (χ2v) is 9.48. The van der Waals surface area contributed by atoms with Crippen molar-refractivity contribution in [2.75, 3.05) is 17.7 Å². The first-order valence-corrected chi connectivity index (χ1v) is 12.2. The predicted octanol–water partition coefficient (Wildman–Crippen LogP) is 1.69. The Morgan fingerprint density at radius 2 is 2.03 bits per heavy atom. The first-order chi connectivity index (χ1) is 15.9. The van der Waals surface area contributed by atoms with Crippen molar-refractivity contribution in [1.82, 2.24) is 10.2 Å². The van der Waals surface area contributed by atoms with E-state index < -0.39 is 47.0 Å². The highest BCUT2D eigenvalue weighted by atomic mass is 32.2. The molecule has 1 fully saturated rings. The standard InChI is InChI=1S/C20H20F3N3O6S2/c1-8-6-34-17-14(16(29)26(17)15(8)18(30)32-19(31)20(21,22)23)25-12(28)5-9-3-4-11(27)10(7-33-2)13(9)24/h3-4,14,17,27H,5-7,24H2,1-2H3,(H,25,28). The summed E-state index contributed by atoms with van der Waals surface area (Å²) in [5.74, 6) is -4.92. The van der Waals surface area contributed by atoms with E-state index in [1.54, 1.807) is 0 Å². The Bertz CT molecular complexity index is 1090. The molecule has 0 saturated carbocycles. The van der Waals surface area contributed by atoms with Gasteiger partial charge in [-0.15, -0.1) is 11.8 Å². The fraction of sp³-hybridized carbons (Fsp3) is 0.400. The zero-order valence-electron chi connectivity index (χ0n) is 17.9. The van der Waals surface area contributed by atoms with Crippen molar-refractivity contribution in [2.45, 2.75) is 36.7 Å². The summed E-state index contributed by atoms with van der Waals surface area (Å²) in [7, 11) is 0. The van der Waals surface area contributed by atoms with Gasteiger partial charge in [-0.25, -0.2) is 9.59 Å². The summed E-state index contributed by atoms with van der Waals surface area (Å²) < 4.78 is 41.2. The molecule has 2 aliphatic heterocycles. The molecule has 1 saturated heterocycles. The predicted molar refractivity (Wildman–Crippen MR) is 118 cm³/mol. The maximum atomic E-state index is 12.7. The molecule has 0 radical (unpaired) electrons. The number of hydrogen-bond donors (Lipinski definition) is 3. The number of nitrogens with one attached hydrogen (secondary N) is 1. The molecule has 2 heterocycles. The van der Waals surface area contributed by atoms with E-state index in [-0.39, 0.29) is 29.2 Å². The number of hydrogen-bond acceptors (Lipinski definition) is 9. The van der Waals surface area contributed by atoms with Crippen LogP contribution in [0.3, 0.4) is 0 Å². The van der Waals surface area contributed by atoms with Gasteiger partial charge in [-0.2, -0.15) is 24.9 Å². The number of benzene rings is 1. The SMILES string of the molecule is CSCc1c(O)ccc(CC(=O)NC2C(=O)N3C(C(=O)OC(=O)C(F)(F)F)=C(C)CSC23)c1N. The number of nitrogen functional groups attached to an aromatic ring is 1. The number of nitrogens with two attached hydrogens (primary N) is 1. The maximum absolute atomic E-state index is 12.7. The van der Waals surface area contributed by atoms with Crippen molar-refractivity contribution in [2.24, 2.45) is 0 Å². The molecular weight excluding hydrogens is 499 g/mol. The molecule has 0 bridgehead atoms. The van der Waals surface area contributed by atoms with Crippen LogP contribution in [0, 0.1) is 0 Å². The molecule has 2 unspecified atom stereocenters. The molecule has 2 amide bonds. The molecular formula is C20H20F3N3O6S2. The summed E-state index contributed by atoms with van der Waals surface area (Å²) >= 11 is 2.63. The van der Waals surface area contributed by atoms with E-state index >= 15 is 0 Å². The summed E-state index contributed by atoms with van der Waals surface area (Å²) in [5.41, 5.74) is 7.09. The van der Waals surface area contributed by atoms with Crippen LogP contribution < -0.4 is 11.1 Å². The topological polar surface area (TPSA) is 139 Å². The van der Waals surface area contributed by atoms with E-state index in [1.807, 2.05) is 6.26 Å². The molecule has 4 N–H and O–H groups in total. The van der Waals surface area contributed by atoms with Gasteiger partial charge in [0.1, 0.15) is 22.9 Å². The van der Waals surface area contributed by atoms with Crippen LogP contribution in [0.15, 0.2) is 23.4 Å². The van der Waals surface area contributed by atoms with Gasteiger partial charge in [0.2, 0.25) is 5.91 Å². The summed E-state index contributed by atoms with van der Waals surface area (Å²) in [4.78, 5) is 49.4. The smallest absolute Gasteiger partial charge is 0.491 e. The minimum absolute atomic E-state index is 0.00463. The lowest BCUT2D eigenvalue weighted by atomic mass is 10.0. The minimum Gasteiger partial charge on any atom is -0.508 e. The van der Waals surface area contributed by atoms with Gasteiger partial charge in [-0.3, -0.25) is 14.5 Å². The number of esters is 2. The number of amides is 2. The first kappa shape index (κ1) is 25.7. The number of anilines is 1. The largest absolute Gasteiger partial charge is 0.508 e. The van der Waals surface area contributed by atoms with Crippen LogP contribution in [0.25, 0.3) is 0 Å². The molecule has 2 atom stereocenters. The Hall–Kier alpha value is -2.87. The molecule has 0 spiro atoms. The Morgan fingerprint density at radius 3 is 2.65 bits per heavy atom. The number of phenols is 1. The fourth-order valence-corrected chi connectivity index (χ4v) is 5.39. The minimum atomic E-state index is -5.37. The van der Waals surface area contributed by atoms with Crippen LogP contribution in [0.5, 0.6) is 5.75 Å². The lowest BCUT2D eigenvalue weighted by Gasteiger charge is -2.49. The Balaban J connectivity index is 1.69. The molecule has 184 valence electrons. The number of rotatable bonds is 6. The van der Waals surface area contributed by atoms with Crippen LogP contribution in [0.4, 0.5) is 18.9 Å². The first-order valence-electron chi connectivity index (χ1n) is 9.72. The van der Waals surface area contributed by atoms with Crippen LogP contribution in [0.1, 0.15) is 18.1 Å². The molecule has 0 aromatic heterocycles. The van der Waals surface area contributed by atoms with Crippen molar-refractivity contribution < 1.29 is 42.2 Å². The van der Waals surface area contributed by atoms with Gasteiger partial charge in [0.15, 0.2) is 0 Å². The van der Waals surface area contributed by atoms with E-state index in [2.05, 4.69) is 10.1 Å². The van der Waals surface area contributed by atoms with Crippen LogP contribution in [-0.4, -0.2) is 63.4 Å². The summed E-state index contributed by atoms with van der Waals surface area (Å²) in [5, 5.41) is 11.7. The number of halogens is 3. The Labute approximate surface area is 200 Å². The number of nitrogens with zero attached hydrogens (tertiary/aromatic N) is 1. The zero-order chi connectivity index (χ0) is 25.4. The number of ether oxygens (including phenoxy) is 1. The number of β-lactam (4-membered cyclic amide) rings is 1. The van der Waals surface area contributed by atoms with Gasteiger partial charge in [-0.05, 0) is 30.4 Å². The molecule has 34 heavy (non-hydrogen) atoms. The molecule has 2 aliphatic rings. The monoisotopic (exact) mass is 519 g/mol. The molecule has 0 aliphatic carbocycles. The Morgan fingerprint density at radius 1 is 1.35 bits per heavy atom. The fourth-order valence-electron chi connectivity index (χ4n) is 3.50. The number of fused-ring (bicyclic) bond motifs is 1. The average Bonchev–Trinajstić information content (AvgIpc) is 2.76. The van der Waals surface area contributed by atoms with E-state index in [4.69, 9.17) is 5.73 Å². The van der Waals surface area contributed by atoms with Gasteiger partial charge in [0, 0.05) is 22.8 Å². The van der Waals surface area contributed by atoms with E-state index in [1.165, 1.54) is 42.6 Å². The Kier molecular flexibility index (Phi) is 7.41. The number of thioether (sulfide) groups is 2. The second kappa shape index (κ2) is 9.78. The van der Waals surface area contributed by atoms with Gasteiger partial charge < -0.3 is 20.9 Å².